The lowest BCUT2D eigenvalue weighted by atomic mass is 9.85. The zero-order valence-electron chi connectivity index (χ0n) is 35.8. The van der Waals surface area contributed by atoms with Crippen LogP contribution < -0.4 is 10.6 Å². The number of H-pyrrole nitrogens is 2. The number of carbonyl (C=O) groups excluding carboxylic acids is 4. The second-order valence-corrected chi connectivity index (χ2v) is 18.2. The molecule has 10 rings (SSSR count). The first-order chi connectivity index (χ1) is 29.6. The smallest absolute Gasteiger partial charge is 0.407 e. The lowest BCUT2D eigenvalue weighted by Crippen LogP contribution is -2.48. The van der Waals surface area contributed by atoms with Crippen LogP contribution >= 0.6 is 23.5 Å². The number of hydrogen-bond donors (Lipinski definition) is 4. The van der Waals surface area contributed by atoms with Gasteiger partial charge in [0.15, 0.2) is 0 Å². The lowest BCUT2D eigenvalue weighted by molar-refractivity contribution is -0.135. The number of ether oxygens (including phenoxy) is 2. The quantitative estimate of drug-likeness (QED) is 0.102. The maximum atomic E-state index is 13.8. The molecule has 2 saturated heterocycles. The molecule has 5 atom stereocenters. The fourth-order valence-corrected chi connectivity index (χ4v) is 9.95. The van der Waals surface area contributed by atoms with Gasteiger partial charge in [0.05, 0.1) is 50.1 Å². The summed E-state index contributed by atoms with van der Waals surface area (Å²) in [5.74, 6) is 2.94. The van der Waals surface area contributed by atoms with Gasteiger partial charge in [0.2, 0.25) is 11.8 Å². The van der Waals surface area contributed by atoms with E-state index >= 15 is 0 Å². The van der Waals surface area contributed by atoms with E-state index in [-0.39, 0.29) is 29.8 Å². The van der Waals surface area contributed by atoms with Crippen LogP contribution in [0.5, 0.6) is 0 Å². The highest BCUT2D eigenvalue weighted by Crippen LogP contribution is 2.38. The van der Waals surface area contributed by atoms with Crippen LogP contribution in [0.25, 0.3) is 22.5 Å². The third-order valence-electron chi connectivity index (χ3n) is 12.3. The van der Waals surface area contributed by atoms with Gasteiger partial charge in [-0.1, -0.05) is 31.2 Å². The zero-order chi connectivity index (χ0) is 43.0. The van der Waals surface area contributed by atoms with E-state index < -0.39 is 24.3 Å². The summed E-state index contributed by atoms with van der Waals surface area (Å²) in [7, 11) is 2.62. The maximum absolute atomic E-state index is 13.8. The Kier molecular flexibility index (Phi) is 14.7. The highest BCUT2D eigenvalue weighted by atomic mass is 32.2. The van der Waals surface area contributed by atoms with Crippen molar-refractivity contribution in [1.29, 1.82) is 0 Å². The molecule has 16 heteroatoms. The summed E-state index contributed by atoms with van der Waals surface area (Å²) in [6.07, 6.45) is 13.3. The lowest BCUT2D eigenvalue weighted by Gasteiger charge is -2.28. The molecule has 4 bridgehead atoms. The average molecular weight is 871 g/mol. The molecule has 4 heterocycles. The second kappa shape index (κ2) is 20.3. The summed E-state index contributed by atoms with van der Waals surface area (Å²) in [4.78, 5) is 72.7. The van der Waals surface area contributed by atoms with E-state index in [1.54, 1.807) is 23.5 Å². The normalized spacial score (nSPS) is 19.6. The predicted molar refractivity (Wildman–Crippen MR) is 240 cm³/mol. The molecule has 2 aromatic carbocycles. The number of aromatic amines is 2. The minimum atomic E-state index is -0.665. The first kappa shape index (κ1) is 44.1. The number of rotatable bonds is 14. The number of alkyl carbamates (subject to hydrolysis) is 2. The van der Waals surface area contributed by atoms with Crippen molar-refractivity contribution in [1.82, 2.24) is 40.4 Å². The summed E-state index contributed by atoms with van der Waals surface area (Å²) in [5, 5.41) is 5.51. The van der Waals surface area contributed by atoms with E-state index in [1.165, 1.54) is 36.5 Å². The van der Waals surface area contributed by atoms with Gasteiger partial charge >= 0.3 is 12.2 Å². The van der Waals surface area contributed by atoms with Gasteiger partial charge in [-0.05, 0) is 122 Å². The van der Waals surface area contributed by atoms with Crippen molar-refractivity contribution >= 4 is 47.5 Å². The molecule has 4 amide bonds. The molecule has 0 radical (unpaired) electrons. The van der Waals surface area contributed by atoms with Crippen molar-refractivity contribution in [3.63, 3.8) is 0 Å². The monoisotopic (exact) mass is 870 g/mol. The summed E-state index contributed by atoms with van der Waals surface area (Å²) in [5.41, 5.74) is 8.94. The molecule has 61 heavy (non-hydrogen) atoms. The number of methoxy groups -OCH3 is 2. The van der Waals surface area contributed by atoms with Gasteiger partial charge in [-0.2, -0.15) is 23.5 Å². The van der Waals surface area contributed by atoms with Crippen LogP contribution in [-0.2, 0) is 38.3 Å². The van der Waals surface area contributed by atoms with Gasteiger partial charge in [0, 0.05) is 24.2 Å². The van der Waals surface area contributed by atoms with Gasteiger partial charge < -0.3 is 39.9 Å². The number of nitrogens with zero attached hydrogens (tertiary/aromatic N) is 4. The number of imidazole rings is 2. The fourth-order valence-electron chi connectivity index (χ4n) is 9.01. The van der Waals surface area contributed by atoms with E-state index in [0.29, 0.717) is 25.9 Å². The van der Waals surface area contributed by atoms with Crippen molar-refractivity contribution in [3.05, 3.63) is 82.7 Å². The highest BCUT2D eigenvalue weighted by molar-refractivity contribution is 7.98. The van der Waals surface area contributed by atoms with Crippen LogP contribution in [0, 0.1) is 0 Å². The van der Waals surface area contributed by atoms with Crippen LogP contribution in [0.3, 0.4) is 0 Å². The van der Waals surface area contributed by atoms with Gasteiger partial charge in [0.1, 0.15) is 23.7 Å². The first-order valence-electron chi connectivity index (χ1n) is 21.2. The predicted octanol–water partition coefficient (Wildman–Crippen LogP) is 7.19. The number of aromatic nitrogens is 4. The Bertz CT molecular complexity index is 2190. The number of amides is 4. The number of likely N-dealkylation sites (tertiary alicyclic amines) is 2. The van der Waals surface area contributed by atoms with E-state index in [1.807, 2.05) is 34.7 Å². The third-order valence-corrected chi connectivity index (χ3v) is 13.6. The Labute approximate surface area is 366 Å². The second-order valence-electron chi connectivity index (χ2n) is 16.2. The summed E-state index contributed by atoms with van der Waals surface area (Å²) in [6.45, 7) is 3.46. The molecule has 4 aromatic rings. The zero-order valence-corrected chi connectivity index (χ0v) is 37.4. The summed E-state index contributed by atoms with van der Waals surface area (Å²) < 4.78 is 9.67. The number of benzene rings is 2. The minimum absolute atomic E-state index is 0.113. The molecule has 0 unspecified atom stereocenters. The number of carbonyl (C=O) groups is 4. The van der Waals surface area contributed by atoms with Gasteiger partial charge in [-0.15, -0.1) is 0 Å². The fraction of sp³-hybridized carbons (Fsp3) is 0.511. The SMILES string of the molecule is COC(=O)N[C@@H](CCSC)C(=O)N1CCC[C@H]1c1ncc(-c2cc3ccc2CCc2ccc(c(-c4cnc([C@@H]5CCCN5C(=O)[C@H](CCSC)NC(=O)OC)[nH]4)c2)C[C@H]3C)[nH]1. The Morgan fingerprint density at radius 2 is 1.28 bits per heavy atom. The molecule has 4 aliphatic carbocycles. The molecule has 2 aliphatic heterocycles. The van der Waals surface area contributed by atoms with Gasteiger partial charge in [-0.25, -0.2) is 19.6 Å². The van der Waals surface area contributed by atoms with Crippen LogP contribution in [0.15, 0.2) is 48.8 Å². The van der Waals surface area contributed by atoms with Crippen molar-refractivity contribution in [2.75, 3.05) is 51.3 Å². The Morgan fingerprint density at radius 3 is 1.80 bits per heavy atom. The molecule has 2 aromatic heterocycles. The number of aryl methyl sites for hydroxylation is 2. The molecule has 2 fully saturated rings. The largest absolute Gasteiger partial charge is 0.453 e. The van der Waals surface area contributed by atoms with Crippen molar-refractivity contribution in [2.24, 2.45) is 0 Å². The Morgan fingerprint density at radius 1 is 0.754 bits per heavy atom. The van der Waals surface area contributed by atoms with Gasteiger partial charge in [0.25, 0.3) is 0 Å². The van der Waals surface area contributed by atoms with Crippen LogP contribution in [0.2, 0.25) is 0 Å². The van der Waals surface area contributed by atoms with Gasteiger partial charge in [-0.3, -0.25) is 9.59 Å². The first-order valence-corrected chi connectivity index (χ1v) is 24.0. The topological polar surface area (TPSA) is 175 Å². The van der Waals surface area contributed by atoms with Crippen LogP contribution in [0.4, 0.5) is 9.59 Å². The molecule has 4 N–H and O–H groups in total. The molecular weight excluding hydrogens is 813 g/mol. The highest BCUT2D eigenvalue weighted by Gasteiger charge is 2.38. The maximum Gasteiger partial charge on any atom is 0.407 e. The molecule has 14 nitrogen and oxygen atoms in total. The minimum Gasteiger partial charge on any atom is -0.453 e. The van der Waals surface area contributed by atoms with Crippen molar-refractivity contribution < 1.29 is 28.7 Å². The third kappa shape index (κ3) is 10.1. The molecule has 326 valence electrons. The Balaban J connectivity index is 1.10. The summed E-state index contributed by atoms with van der Waals surface area (Å²) >= 11 is 3.27. The molecule has 0 saturated carbocycles. The molecule has 6 aliphatic rings. The number of thioether (sulfide) groups is 2. The molecular formula is C45H58N8O6S2. The molecule has 0 spiro atoms. The Hall–Kier alpha value is -4.96. The average Bonchev–Trinajstić information content (AvgIpc) is 4.12. The van der Waals surface area contributed by atoms with Crippen LogP contribution in [0.1, 0.15) is 97.4 Å². The standard InChI is InChI=1S/C45H58N8O6S2/c1-27-22-31-13-11-28(23-32(31)36-25-46-40(48-36)38-8-6-18-52(38)42(54)34(16-20-60-4)50-44(56)58-2)10-12-29-14-15-30(27)24-33(29)37-26-47-41(49-37)39-9-7-19-53(39)43(55)35(17-21-61-5)51-45(57)59-3/h11,13-15,23-27,34-35,38-39H,6-10,12,16-22H2,1-5H3,(H,46,48)(H,47,49)(H,50,56)(H,51,57)/t27-,34+,35+,38+,39+/m1/s1. The van der Waals surface area contributed by atoms with Crippen LogP contribution in [-0.4, -0.2) is 117 Å². The van der Waals surface area contributed by atoms with E-state index in [2.05, 4.69) is 63.9 Å². The van der Waals surface area contributed by atoms with E-state index in [0.717, 1.165) is 90.6 Å². The summed E-state index contributed by atoms with van der Waals surface area (Å²) in [6, 6.07) is 11.8. The van der Waals surface area contributed by atoms with E-state index in [9.17, 15) is 19.2 Å². The number of nitrogens with one attached hydrogen (secondary N) is 4. The van der Waals surface area contributed by atoms with E-state index in [4.69, 9.17) is 19.4 Å². The van der Waals surface area contributed by atoms with Crippen molar-refractivity contribution in [3.8, 4) is 22.5 Å². The number of hydrogen-bond acceptors (Lipinski definition) is 10. The van der Waals surface area contributed by atoms with Crippen molar-refractivity contribution in [2.45, 2.75) is 94.8 Å².